The second kappa shape index (κ2) is 7.17. The summed E-state index contributed by atoms with van der Waals surface area (Å²) in [6, 6.07) is 9.47. The van der Waals surface area contributed by atoms with Gasteiger partial charge in [-0.05, 0) is 50.5 Å². The zero-order chi connectivity index (χ0) is 17.8. The minimum absolute atomic E-state index is 0.155. The minimum atomic E-state index is -3.59. The molecule has 1 unspecified atom stereocenters. The molecule has 0 N–H and O–H groups in total. The Morgan fingerprint density at radius 2 is 1.96 bits per heavy atom. The first-order chi connectivity index (χ1) is 11.3. The third-order valence-corrected chi connectivity index (χ3v) is 6.13. The van der Waals surface area contributed by atoms with Crippen molar-refractivity contribution < 1.29 is 17.9 Å². The number of carbonyl (C=O) groups is 1. The summed E-state index contributed by atoms with van der Waals surface area (Å²) in [6.07, 6.45) is 5.25. The molecule has 7 heteroatoms. The lowest BCUT2D eigenvalue weighted by atomic mass is 10.00. The molecule has 1 aromatic carbocycles. The molecule has 6 nitrogen and oxygen atoms in total. The number of aromatic nitrogens is 2. The van der Waals surface area contributed by atoms with E-state index in [2.05, 4.69) is 5.10 Å². The molecule has 0 saturated carbocycles. The van der Waals surface area contributed by atoms with Gasteiger partial charge in [0, 0.05) is 18.6 Å². The Balaban J connectivity index is 2.13. The van der Waals surface area contributed by atoms with E-state index in [0.29, 0.717) is 6.42 Å². The first-order valence-electron chi connectivity index (χ1n) is 7.73. The Hall–Kier alpha value is -2.15. The van der Waals surface area contributed by atoms with E-state index in [-0.39, 0.29) is 13.0 Å². The van der Waals surface area contributed by atoms with Crippen molar-refractivity contribution in [2.75, 3.05) is 12.9 Å². The van der Waals surface area contributed by atoms with Gasteiger partial charge < -0.3 is 4.74 Å². The van der Waals surface area contributed by atoms with E-state index in [1.165, 1.54) is 6.92 Å². The van der Waals surface area contributed by atoms with Gasteiger partial charge in [-0.1, -0.05) is 12.1 Å². The Kier molecular flexibility index (Phi) is 5.43. The van der Waals surface area contributed by atoms with Crippen LogP contribution in [-0.4, -0.2) is 41.8 Å². The predicted octanol–water partition coefficient (Wildman–Crippen LogP) is 2.17. The second-order valence-electron chi connectivity index (χ2n) is 5.84. The van der Waals surface area contributed by atoms with Crippen molar-refractivity contribution in [3.05, 3.63) is 48.3 Å². The van der Waals surface area contributed by atoms with Crippen molar-refractivity contribution in [2.24, 2.45) is 0 Å². The topological polar surface area (TPSA) is 78.3 Å². The van der Waals surface area contributed by atoms with E-state index in [1.807, 2.05) is 36.5 Å². The van der Waals surface area contributed by atoms with Crippen LogP contribution in [0.3, 0.4) is 0 Å². The number of benzene rings is 1. The summed E-state index contributed by atoms with van der Waals surface area (Å²) in [5.41, 5.74) is 1.87. The number of rotatable bonds is 7. The highest BCUT2D eigenvalue weighted by atomic mass is 32.2. The molecule has 130 valence electrons. The lowest BCUT2D eigenvalue weighted by molar-refractivity contribution is -0.146. The predicted molar refractivity (Wildman–Crippen MR) is 91.8 cm³/mol. The summed E-state index contributed by atoms with van der Waals surface area (Å²) in [6.45, 7) is 3.25. The SMILES string of the molecule is CCOC(=O)C(C)(CCc1ccc(-n2cccn2)cc1)S(C)(=O)=O. The van der Waals surface area contributed by atoms with Crippen LogP contribution >= 0.6 is 0 Å². The lowest BCUT2D eigenvalue weighted by Gasteiger charge is -2.25. The Labute approximate surface area is 142 Å². The highest BCUT2D eigenvalue weighted by Crippen LogP contribution is 2.25. The van der Waals surface area contributed by atoms with Crippen molar-refractivity contribution in [1.82, 2.24) is 9.78 Å². The van der Waals surface area contributed by atoms with Gasteiger partial charge in [0.15, 0.2) is 14.6 Å². The second-order valence-corrected chi connectivity index (χ2v) is 8.29. The van der Waals surface area contributed by atoms with Crippen molar-refractivity contribution in [3.8, 4) is 5.69 Å². The Morgan fingerprint density at radius 3 is 2.46 bits per heavy atom. The molecule has 0 aliphatic heterocycles. The van der Waals surface area contributed by atoms with Crippen molar-refractivity contribution in [1.29, 1.82) is 0 Å². The van der Waals surface area contributed by atoms with Gasteiger partial charge in [0.2, 0.25) is 0 Å². The van der Waals surface area contributed by atoms with Crippen LogP contribution in [0.4, 0.5) is 0 Å². The van der Waals surface area contributed by atoms with E-state index < -0.39 is 20.6 Å². The lowest BCUT2D eigenvalue weighted by Crippen LogP contribution is -2.44. The number of sulfone groups is 1. The monoisotopic (exact) mass is 350 g/mol. The van der Waals surface area contributed by atoms with Gasteiger partial charge in [0.25, 0.3) is 0 Å². The molecule has 0 spiro atoms. The highest BCUT2D eigenvalue weighted by molar-refractivity contribution is 7.92. The molecule has 24 heavy (non-hydrogen) atoms. The summed E-state index contributed by atoms with van der Waals surface area (Å²) in [7, 11) is -3.59. The average Bonchev–Trinajstić information content (AvgIpc) is 3.06. The molecule has 2 aromatic rings. The smallest absolute Gasteiger partial charge is 0.327 e. The summed E-state index contributed by atoms with van der Waals surface area (Å²) >= 11 is 0. The molecule has 0 radical (unpaired) electrons. The van der Waals surface area contributed by atoms with Crippen molar-refractivity contribution >= 4 is 15.8 Å². The Morgan fingerprint density at radius 1 is 1.29 bits per heavy atom. The molecule has 1 aromatic heterocycles. The summed E-state index contributed by atoms with van der Waals surface area (Å²) in [4.78, 5) is 12.1. The number of aryl methyl sites for hydroxylation is 1. The third kappa shape index (κ3) is 3.84. The van der Waals surface area contributed by atoms with Crippen LogP contribution in [0.15, 0.2) is 42.7 Å². The minimum Gasteiger partial charge on any atom is -0.465 e. The molecule has 0 aliphatic rings. The maximum atomic E-state index is 12.1. The number of ether oxygens (including phenoxy) is 1. The van der Waals surface area contributed by atoms with Gasteiger partial charge in [0.1, 0.15) is 0 Å². The largest absolute Gasteiger partial charge is 0.465 e. The van der Waals surface area contributed by atoms with Crippen LogP contribution in [0.2, 0.25) is 0 Å². The zero-order valence-corrected chi connectivity index (χ0v) is 14.9. The van der Waals surface area contributed by atoms with Crippen LogP contribution < -0.4 is 0 Å². The molecule has 0 saturated heterocycles. The first kappa shape index (κ1) is 18.2. The van der Waals surface area contributed by atoms with Gasteiger partial charge in [-0.15, -0.1) is 0 Å². The van der Waals surface area contributed by atoms with Crippen LogP contribution in [0.1, 0.15) is 25.8 Å². The average molecular weight is 350 g/mol. The van der Waals surface area contributed by atoms with E-state index in [4.69, 9.17) is 4.74 Å². The number of nitrogens with zero attached hydrogens (tertiary/aromatic N) is 2. The van der Waals surface area contributed by atoms with E-state index >= 15 is 0 Å². The van der Waals surface area contributed by atoms with Crippen molar-refractivity contribution in [2.45, 2.75) is 31.4 Å². The van der Waals surface area contributed by atoms with Crippen LogP contribution in [0.25, 0.3) is 5.69 Å². The highest BCUT2D eigenvalue weighted by Gasteiger charge is 2.44. The fourth-order valence-electron chi connectivity index (χ4n) is 2.34. The maximum absolute atomic E-state index is 12.1. The van der Waals surface area contributed by atoms with Crippen LogP contribution in [0.5, 0.6) is 0 Å². The van der Waals surface area contributed by atoms with Crippen LogP contribution in [0, 0.1) is 0 Å². The normalized spacial score (nSPS) is 14.1. The van der Waals surface area contributed by atoms with Gasteiger partial charge >= 0.3 is 5.97 Å². The molecule has 0 aliphatic carbocycles. The number of hydrogen-bond donors (Lipinski definition) is 0. The fraction of sp³-hybridized carbons (Fsp3) is 0.412. The summed E-state index contributed by atoms with van der Waals surface area (Å²) < 4.78 is 29.3. The van der Waals surface area contributed by atoms with E-state index in [1.54, 1.807) is 17.8 Å². The third-order valence-electron chi connectivity index (χ3n) is 4.12. The molecular weight excluding hydrogens is 328 g/mol. The fourth-order valence-corrected chi connectivity index (χ4v) is 3.18. The summed E-state index contributed by atoms with van der Waals surface area (Å²) in [5, 5.41) is 4.15. The molecular formula is C17H22N2O4S. The van der Waals surface area contributed by atoms with Gasteiger partial charge in [0.05, 0.1) is 12.3 Å². The van der Waals surface area contributed by atoms with E-state index in [0.717, 1.165) is 17.5 Å². The standard InChI is InChI=1S/C17H22N2O4S/c1-4-23-16(20)17(2,24(3,21)22)11-10-14-6-8-15(9-7-14)19-13-5-12-18-19/h5-9,12-13H,4,10-11H2,1-3H3. The molecule has 0 bridgehead atoms. The molecule has 0 amide bonds. The number of carbonyl (C=O) groups excluding carboxylic acids is 1. The molecule has 1 heterocycles. The van der Waals surface area contributed by atoms with Gasteiger partial charge in [-0.25, -0.2) is 13.1 Å². The molecule has 0 fully saturated rings. The molecule has 2 rings (SSSR count). The number of hydrogen-bond acceptors (Lipinski definition) is 5. The quantitative estimate of drug-likeness (QED) is 0.715. The van der Waals surface area contributed by atoms with Crippen molar-refractivity contribution in [3.63, 3.8) is 0 Å². The first-order valence-corrected chi connectivity index (χ1v) is 9.63. The van der Waals surface area contributed by atoms with Crippen LogP contribution in [-0.2, 0) is 25.8 Å². The van der Waals surface area contributed by atoms with Gasteiger partial charge in [-0.2, -0.15) is 5.10 Å². The van der Waals surface area contributed by atoms with E-state index in [9.17, 15) is 13.2 Å². The molecule has 1 atom stereocenters. The summed E-state index contributed by atoms with van der Waals surface area (Å²) in [5.74, 6) is -0.694. The number of esters is 1. The van der Waals surface area contributed by atoms with Gasteiger partial charge in [-0.3, -0.25) is 4.79 Å². The maximum Gasteiger partial charge on any atom is 0.327 e. The Bertz CT molecular complexity index is 783. The zero-order valence-electron chi connectivity index (χ0n) is 14.1.